The van der Waals surface area contributed by atoms with E-state index in [0.717, 1.165) is 22.9 Å². The van der Waals surface area contributed by atoms with Gasteiger partial charge in [-0.2, -0.15) is 4.31 Å². The molecule has 140 valence electrons. The number of nitrogens with zero attached hydrogens (tertiary/aromatic N) is 1. The summed E-state index contributed by atoms with van der Waals surface area (Å²) in [5.41, 5.74) is 1.25. The summed E-state index contributed by atoms with van der Waals surface area (Å²) < 4.78 is 55.0. The predicted molar refractivity (Wildman–Crippen MR) is 104 cm³/mol. The fourth-order valence-electron chi connectivity index (χ4n) is 2.81. The van der Waals surface area contributed by atoms with E-state index in [0.29, 0.717) is 18.8 Å². The molecule has 1 aliphatic rings. The molecule has 0 aromatic heterocycles. The summed E-state index contributed by atoms with van der Waals surface area (Å²) in [4.78, 5) is 0.123. The van der Waals surface area contributed by atoms with Crippen LogP contribution in [0.4, 0.5) is 5.69 Å². The summed E-state index contributed by atoms with van der Waals surface area (Å²) in [5.74, 6) is 0. The van der Waals surface area contributed by atoms with Crippen molar-refractivity contribution in [2.24, 2.45) is 0 Å². The van der Waals surface area contributed by atoms with Gasteiger partial charge < -0.3 is 0 Å². The van der Waals surface area contributed by atoms with E-state index in [4.69, 9.17) is 0 Å². The Kier molecular flexibility index (Phi) is 5.43. The molecule has 3 rings (SSSR count). The molecule has 9 heteroatoms. The number of rotatable bonds is 5. The molecule has 2 aromatic rings. The number of nitrogens with one attached hydrogen (secondary N) is 1. The van der Waals surface area contributed by atoms with Crippen LogP contribution in [-0.4, -0.2) is 34.2 Å². The third kappa shape index (κ3) is 3.95. The zero-order valence-electron chi connectivity index (χ0n) is 14.1. The predicted octanol–water partition coefficient (Wildman–Crippen LogP) is 3.34. The number of anilines is 1. The third-order valence-electron chi connectivity index (χ3n) is 4.27. The lowest BCUT2D eigenvalue weighted by molar-refractivity contribution is 0.477. The summed E-state index contributed by atoms with van der Waals surface area (Å²) >= 11 is 3.34. The zero-order valence-corrected chi connectivity index (χ0v) is 17.4. The van der Waals surface area contributed by atoms with Crippen molar-refractivity contribution in [1.29, 1.82) is 0 Å². The Morgan fingerprint density at radius 2 is 1.50 bits per heavy atom. The van der Waals surface area contributed by atoms with E-state index in [2.05, 4.69) is 20.7 Å². The number of aryl methyl sites for hydroxylation is 1. The molecule has 0 amide bonds. The van der Waals surface area contributed by atoms with Crippen LogP contribution in [0.5, 0.6) is 0 Å². The van der Waals surface area contributed by atoms with E-state index in [1.165, 1.54) is 28.6 Å². The van der Waals surface area contributed by atoms with Crippen LogP contribution in [0.2, 0.25) is 0 Å². The van der Waals surface area contributed by atoms with Crippen LogP contribution in [0.1, 0.15) is 18.4 Å². The number of benzene rings is 2. The van der Waals surface area contributed by atoms with Crippen LogP contribution in [0.15, 0.2) is 56.7 Å². The van der Waals surface area contributed by atoms with Gasteiger partial charge in [-0.1, -0.05) is 15.9 Å². The minimum absolute atomic E-state index is 0.0141. The van der Waals surface area contributed by atoms with Crippen LogP contribution in [0, 0.1) is 6.92 Å². The van der Waals surface area contributed by atoms with Gasteiger partial charge in [0.1, 0.15) is 0 Å². The van der Waals surface area contributed by atoms with Crippen molar-refractivity contribution in [1.82, 2.24) is 4.31 Å². The van der Waals surface area contributed by atoms with Gasteiger partial charge in [0, 0.05) is 17.6 Å². The molecule has 0 atom stereocenters. The summed E-state index contributed by atoms with van der Waals surface area (Å²) in [6.45, 7) is 2.81. The molecule has 1 saturated heterocycles. The van der Waals surface area contributed by atoms with E-state index < -0.39 is 20.0 Å². The Hall–Kier alpha value is -1.42. The van der Waals surface area contributed by atoms with Crippen molar-refractivity contribution in [3.63, 3.8) is 0 Å². The van der Waals surface area contributed by atoms with Crippen molar-refractivity contribution < 1.29 is 16.8 Å². The number of hydrogen-bond acceptors (Lipinski definition) is 4. The van der Waals surface area contributed by atoms with Crippen molar-refractivity contribution in [3.8, 4) is 0 Å². The van der Waals surface area contributed by atoms with Crippen molar-refractivity contribution in [2.75, 3.05) is 17.8 Å². The molecule has 1 fully saturated rings. The highest BCUT2D eigenvalue weighted by Gasteiger charge is 2.27. The normalized spacial score (nSPS) is 15.9. The standard InChI is InChI=1S/C17H19BrN2O4S2/c1-13-12-14(18)4-9-17(13)19-25(21,22)15-5-7-16(8-6-15)26(23,24)20-10-2-3-11-20/h4-9,12,19H,2-3,10-11H2,1H3. The molecule has 1 aliphatic heterocycles. The van der Waals surface area contributed by atoms with Crippen LogP contribution < -0.4 is 4.72 Å². The topological polar surface area (TPSA) is 83.5 Å². The second kappa shape index (κ2) is 7.30. The molecule has 0 aliphatic carbocycles. The van der Waals surface area contributed by atoms with E-state index in [-0.39, 0.29) is 9.79 Å². The fraction of sp³-hybridized carbons (Fsp3) is 0.294. The van der Waals surface area contributed by atoms with Crippen molar-refractivity contribution in [3.05, 3.63) is 52.5 Å². The monoisotopic (exact) mass is 458 g/mol. The molecular formula is C17H19BrN2O4S2. The SMILES string of the molecule is Cc1cc(Br)ccc1NS(=O)(=O)c1ccc(S(=O)(=O)N2CCCC2)cc1. The van der Waals surface area contributed by atoms with Gasteiger partial charge in [0.25, 0.3) is 10.0 Å². The first kappa shape index (κ1) is 19.3. The molecule has 1 N–H and O–H groups in total. The highest BCUT2D eigenvalue weighted by atomic mass is 79.9. The first-order chi connectivity index (χ1) is 12.2. The second-order valence-electron chi connectivity index (χ2n) is 6.15. The van der Waals surface area contributed by atoms with Gasteiger partial charge in [-0.3, -0.25) is 4.72 Å². The summed E-state index contributed by atoms with van der Waals surface area (Å²) in [5, 5.41) is 0. The third-order valence-corrected chi connectivity index (χ3v) is 8.06. The van der Waals surface area contributed by atoms with E-state index in [9.17, 15) is 16.8 Å². The van der Waals surface area contributed by atoms with Crippen molar-refractivity contribution in [2.45, 2.75) is 29.6 Å². The van der Waals surface area contributed by atoms with Gasteiger partial charge in [0.15, 0.2) is 0 Å². The van der Waals surface area contributed by atoms with Gasteiger partial charge in [-0.05, 0) is 67.8 Å². The first-order valence-corrected chi connectivity index (χ1v) is 11.8. The lowest BCUT2D eigenvalue weighted by Gasteiger charge is -2.16. The highest BCUT2D eigenvalue weighted by molar-refractivity contribution is 9.10. The molecule has 0 radical (unpaired) electrons. The highest BCUT2D eigenvalue weighted by Crippen LogP contribution is 2.25. The minimum Gasteiger partial charge on any atom is -0.279 e. The Bertz CT molecular complexity index is 1010. The molecule has 1 heterocycles. The maximum absolute atomic E-state index is 12.6. The Labute approximate surface area is 162 Å². The number of halogens is 1. The average Bonchev–Trinajstić information content (AvgIpc) is 3.13. The minimum atomic E-state index is -3.80. The molecule has 0 saturated carbocycles. The molecular weight excluding hydrogens is 440 g/mol. The number of sulfonamides is 2. The van der Waals surface area contributed by atoms with E-state index in [1.54, 1.807) is 19.1 Å². The molecule has 2 aromatic carbocycles. The summed E-state index contributed by atoms with van der Waals surface area (Å²) in [6.07, 6.45) is 1.70. The first-order valence-electron chi connectivity index (χ1n) is 8.09. The van der Waals surface area contributed by atoms with Crippen LogP contribution in [0.25, 0.3) is 0 Å². The maximum atomic E-state index is 12.6. The Morgan fingerprint density at radius 1 is 0.923 bits per heavy atom. The smallest absolute Gasteiger partial charge is 0.261 e. The van der Waals surface area contributed by atoms with Gasteiger partial charge in [-0.15, -0.1) is 0 Å². The van der Waals surface area contributed by atoms with Gasteiger partial charge >= 0.3 is 0 Å². The van der Waals surface area contributed by atoms with Gasteiger partial charge in [-0.25, -0.2) is 16.8 Å². The lowest BCUT2D eigenvalue weighted by Crippen LogP contribution is -2.27. The van der Waals surface area contributed by atoms with Crippen LogP contribution in [-0.2, 0) is 20.0 Å². The molecule has 6 nitrogen and oxygen atoms in total. The van der Waals surface area contributed by atoms with Gasteiger partial charge in [0.05, 0.1) is 15.5 Å². The van der Waals surface area contributed by atoms with E-state index >= 15 is 0 Å². The van der Waals surface area contributed by atoms with Crippen molar-refractivity contribution >= 4 is 41.7 Å². The number of hydrogen-bond donors (Lipinski definition) is 1. The molecule has 0 spiro atoms. The molecule has 26 heavy (non-hydrogen) atoms. The molecule has 0 bridgehead atoms. The molecule has 0 unspecified atom stereocenters. The maximum Gasteiger partial charge on any atom is 0.261 e. The van der Waals surface area contributed by atoms with Gasteiger partial charge in [0.2, 0.25) is 10.0 Å². The lowest BCUT2D eigenvalue weighted by atomic mass is 10.2. The fourth-order valence-corrected chi connectivity index (χ4v) is 5.94. The van der Waals surface area contributed by atoms with Crippen LogP contribution in [0.3, 0.4) is 0 Å². The average molecular weight is 459 g/mol. The Morgan fingerprint density at radius 3 is 2.08 bits per heavy atom. The van der Waals surface area contributed by atoms with E-state index in [1.807, 2.05) is 6.07 Å². The second-order valence-corrected chi connectivity index (χ2v) is 10.7. The zero-order chi connectivity index (χ0) is 18.9. The summed E-state index contributed by atoms with van der Waals surface area (Å²) in [6, 6.07) is 10.6. The van der Waals surface area contributed by atoms with Crippen LogP contribution >= 0.6 is 15.9 Å². The largest absolute Gasteiger partial charge is 0.279 e. The summed E-state index contributed by atoms with van der Waals surface area (Å²) in [7, 11) is -7.36. The quantitative estimate of drug-likeness (QED) is 0.744. The Balaban J connectivity index is 1.85.